The molecule has 1 fully saturated rings. The summed E-state index contributed by atoms with van der Waals surface area (Å²) in [5.74, 6) is 0.243. The third-order valence-corrected chi connectivity index (χ3v) is 10.5. The van der Waals surface area contributed by atoms with Gasteiger partial charge in [-0.05, 0) is 59.7 Å². The summed E-state index contributed by atoms with van der Waals surface area (Å²) in [6.07, 6.45) is 7.71. The van der Waals surface area contributed by atoms with E-state index in [9.17, 15) is 14.4 Å². The van der Waals surface area contributed by atoms with Crippen LogP contribution in [0.5, 0.6) is 5.75 Å². The van der Waals surface area contributed by atoms with E-state index in [0.29, 0.717) is 37.4 Å². The molecule has 0 aromatic heterocycles. The van der Waals surface area contributed by atoms with Crippen molar-refractivity contribution in [2.24, 2.45) is 11.1 Å². The molecule has 1 saturated carbocycles. The van der Waals surface area contributed by atoms with Gasteiger partial charge < -0.3 is 15.0 Å². The number of para-hydroxylation sites is 1. The molecule has 2 aliphatic rings. The number of hydrogen-bond donors (Lipinski definition) is 4. The zero-order valence-corrected chi connectivity index (χ0v) is 28.5. The van der Waals surface area contributed by atoms with E-state index in [2.05, 4.69) is 33.0 Å². The van der Waals surface area contributed by atoms with Crippen molar-refractivity contribution < 1.29 is 45.1 Å². The molecule has 2 aromatic rings. The van der Waals surface area contributed by atoms with Gasteiger partial charge in [0.2, 0.25) is 5.91 Å². The molecule has 45 heavy (non-hydrogen) atoms. The standard InChI is InChI=1S/C34H45IN5O5/c1-4-44-33(43)34(19-9-20-34)32(42)39-28(11-7-8-21-40(2)3)31(41)38-25-15-13-24(14-16-25)22-45-29-12-6-5-10-26(29)27-17-18-30(36)37-23-35-27/h5-6,10,12-18,28,37H,4,7-9,11,19-23,36H2,1-3H3,(H,38,41)(H,39,42)/q-1/t28-/m0/s1. The van der Waals surface area contributed by atoms with Crippen molar-refractivity contribution in [1.82, 2.24) is 15.5 Å². The SMILES string of the molecule is CCOC(=O)C1(C(=O)N[C@@H](CCCCN(C)C)C(=O)Nc2ccc(COc3ccccc3C3=CC=C(N)NC[I-]3)cc2)CCC1. The number of alkyl halides is 1. The van der Waals surface area contributed by atoms with Crippen LogP contribution in [0.2, 0.25) is 0 Å². The predicted octanol–water partition coefficient (Wildman–Crippen LogP) is 0.945. The van der Waals surface area contributed by atoms with Gasteiger partial charge in [0.15, 0.2) is 0 Å². The number of nitrogens with zero attached hydrogens (tertiary/aromatic N) is 1. The molecule has 0 saturated heterocycles. The Kier molecular flexibility index (Phi) is 12.7. The molecule has 11 heteroatoms. The number of allylic oxidation sites excluding steroid dienone is 2. The van der Waals surface area contributed by atoms with Gasteiger partial charge in [-0.3, -0.25) is 9.59 Å². The molecular formula is C34H45IN5O5-. The second-order valence-corrected chi connectivity index (χ2v) is 14.2. The van der Waals surface area contributed by atoms with Crippen LogP contribution in [0.1, 0.15) is 56.6 Å². The van der Waals surface area contributed by atoms with Crippen molar-refractivity contribution in [3.05, 3.63) is 77.6 Å². The summed E-state index contributed by atoms with van der Waals surface area (Å²) in [5.41, 5.74) is 7.38. The van der Waals surface area contributed by atoms with Crippen LogP contribution in [-0.4, -0.2) is 60.5 Å². The van der Waals surface area contributed by atoms with Crippen LogP contribution in [0.15, 0.2) is 66.5 Å². The summed E-state index contributed by atoms with van der Waals surface area (Å²) in [5, 5.41) is 9.07. The van der Waals surface area contributed by atoms with Crippen LogP contribution in [0.25, 0.3) is 3.58 Å². The average molecular weight is 731 g/mol. The number of unbranched alkanes of at least 4 members (excludes halogenated alkanes) is 1. The molecule has 0 bridgehead atoms. The van der Waals surface area contributed by atoms with Gasteiger partial charge in [0, 0.05) is 0 Å². The van der Waals surface area contributed by atoms with Gasteiger partial charge in [0.05, 0.1) is 6.61 Å². The summed E-state index contributed by atoms with van der Waals surface area (Å²) >= 11 is -0.265. The van der Waals surface area contributed by atoms with Gasteiger partial charge in [-0.15, -0.1) is 0 Å². The van der Waals surface area contributed by atoms with E-state index in [1.54, 1.807) is 6.92 Å². The van der Waals surface area contributed by atoms with Gasteiger partial charge in [0.25, 0.3) is 0 Å². The molecular weight excluding hydrogens is 685 g/mol. The molecule has 4 rings (SSSR count). The van der Waals surface area contributed by atoms with Crippen molar-refractivity contribution in [3.8, 4) is 5.75 Å². The first-order valence-corrected chi connectivity index (χ1v) is 18.1. The first-order chi connectivity index (χ1) is 21.7. The number of rotatable bonds is 15. The van der Waals surface area contributed by atoms with Crippen LogP contribution < -0.4 is 47.6 Å². The van der Waals surface area contributed by atoms with Crippen molar-refractivity contribution in [1.29, 1.82) is 0 Å². The molecule has 10 nitrogen and oxygen atoms in total. The maximum absolute atomic E-state index is 13.4. The Labute approximate surface area is 276 Å². The number of ether oxygens (including phenoxy) is 2. The van der Waals surface area contributed by atoms with Crippen LogP contribution in [0, 0.1) is 5.41 Å². The van der Waals surface area contributed by atoms with E-state index in [4.69, 9.17) is 15.2 Å². The summed E-state index contributed by atoms with van der Waals surface area (Å²) in [4.78, 5) is 41.5. The molecule has 0 spiro atoms. The molecule has 5 N–H and O–H groups in total. The molecule has 244 valence electrons. The zero-order valence-electron chi connectivity index (χ0n) is 26.4. The first-order valence-electron chi connectivity index (χ1n) is 15.5. The Morgan fingerprint density at radius 1 is 1.07 bits per heavy atom. The molecule has 1 atom stereocenters. The van der Waals surface area contributed by atoms with Crippen molar-refractivity contribution in [3.63, 3.8) is 0 Å². The Hall–Kier alpha value is -3.58. The maximum atomic E-state index is 13.4. The summed E-state index contributed by atoms with van der Waals surface area (Å²) in [6, 6.07) is 14.7. The van der Waals surface area contributed by atoms with Gasteiger partial charge in [-0.2, -0.15) is 0 Å². The fraction of sp³-hybridized carbons (Fsp3) is 0.441. The summed E-state index contributed by atoms with van der Waals surface area (Å²) in [7, 11) is 4.00. The zero-order chi connectivity index (χ0) is 32.2. The minimum Gasteiger partial charge on any atom is -0.0501 e. The van der Waals surface area contributed by atoms with Gasteiger partial charge in [0.1, 0.15) is 5.41 Å². The predicted molar refractivity (Wildman–Crippen MR) is 171 cm³/mol. The molecule has 2 aromatic carbocycles. The fourth-order valence-corrected chi connectivity index (χ4v) is 7.47. The van der Waals surface area contributed by atoms with Gasteiger partial charge in [-0.25, -0.2) is 0 Å². The Bertz CT molecular complexity index is 1390. The number of nitrogens with one attached hydrogen (secondary N) is 3. The Morgan fingerprint density at radius 3 is 2.51 bits per heavy atom. The van der Waals surface area contributed by atoms with E-state index >= 15 is 0 Å². The van der Waals surface area contributed by atoms with Crippen molar-refractivity contribution in [2.75, 3.05) is 37.1 Å². The van der Waals surface area contributed by atoms with E-state index in [1.807, 2.05) is 62.6 Å². The second kappa shape index (κ2) is 16.6. The third-order valence-electron chi connectivity index (χ3n) is 7.93. The number of amides is 2. The molecule has 0 radical (unpaired) electrons. The largest absolute Gasteiger partial charge is 0.0501 e. The minimum absolute atomic E-state index is 0.208. The maximum Gasteiger partial charge on any atom is -0.0279 e. The third kappa shape index (κ3) is 9.46. The number of carbonyl (C=O) groups is 3. The topological polar surface area (TPSA) is 135 Å². The monoisotopic (exact) mass is 730 g/mol. The van der Waals surface area contributed by atoms with E-state index in [0.717, 1.165) is 47.2 Å². The second-order valence-electron chi connectivity index (χ2n) is 11.5. The average Bonchev–Trinajstić information content (AvgIpc) is 3.22. The summed E-state index contributed by atoms with van der Waals surface area (Å²) in [6.45, 7) is 3.18. The smallest absolute Gasteiger partial charge is 0.0279 e. The molecule has 0 unspecified atom stereocenters. The number of hydrogen-bond acceptors (Lipinski definition) is 8. The van der Waals surface area contributed by atoms with Gasteiger partial charge >= 0.3 is 169 Å². The van der Waals surface area contributed by atoms with E-state index in [1.165, 1.54) is 3.58 Å². The number of nitrogens with two attached hydrogens (primary N) is 1. The number of carbonyl (C=O) groups excluding carboxylic acids is 3. The number of anilines is 1. The summed E-state index contributed by atoms with van der Waals surface area (Å²) < 4.78 is 13.6. The number of esters is 1. The van der Waals surface area contributed by atoms with Crippen molar-refractivity contribution in [2.45, 2.75) is 58.1 Å². The fourth-order valence-electron chi connectivity index (χ4n) is 5.14. The number of benzene rings is 2. The molecule has 1 aliphatic carbocycles. The quantitative estimate of drug-likeness (QED) is 0.0532. The Balaban J connectivity index is 1.38. The van der Waals surface area contributed by atoms with Crippen LogP contribution in [0.3, 0.4) is 0 Å². The Morgan fingerprint density at radius 2 is 1.82 bits per heavy atom. The number of halogens is 1. The van der Waals surface area contributed by atoms with Crippen molar-refractivity contribution >= 4 is 27.1 Å². The normalized spacial score (nSPS) is 16.4. The van der Waals surface area contributed by atoms with Crippen LogP contribution in [-0.2, 0) is 25.7 Å². The minimum atomic E-state index is -1.20. The molecule has 1 heterocycles. The first kappa shape index (κ1) is 34.3. The van der Waals surface area contributed by atoms with Crippen LogP contribution in [0.4, 0.5) is 5.69 Å². The van der Waals surface area contributed by atoms with Crippen LogP contribution >= 0.6 is 0 Å². The van der Waals surface area contributed by atoms with E-state index in [-0.39, 0.29) is 33.7 Å². The molecule has 2 amide bonds. The molecule has 1 aliphatic heterocycles. The van der Waals surface area contributed by atoms with Gasteiger partial charge in [-0.1, -0.05) is 6.42 Å². The van der Waals surface area contributed by atoms with E-state index < -0.39 is 23.3 Å².